The molecule has 0 spiro atoms. The van der Waals surface area contributed by atoms with Crippen LogP contribution in [-0.2, 0) is 16.0 Å². The number of carbonyl (C=O) groups is 1. The lowest BCUT2D eigenvalue weighted by Crippen LogP contribution is -2.55. The number of hydrogen-bond acceptors (Lipinski definition) is 4. The molecule has 3 rings (SSSR count). The second-order valence-corrected chi connectivity index (χ2v) is 5.94. The Labute approximate surface area is 127 Å². The van der Waals surface area contributed by atoms with Crippen LogP contribution in [0.25, 0.3) is 0 Å². The maximum atomic E-state index is 12.5. The molecule has 2 unspecified atom stereocenters. The van der Waals surface area contributed by atoms with Crippen LogP contribution < -0.4 is 10.1 Å². The smallest absolute Gasteiger partial charge is 0.387 e. The van der Waals surface area contributed by atoms with Crippen LogP contribution >= 0.6 is 0 Å². The quantitative estimate of drug-likeness (QED) is 0.905. The summed E-state index contributed by atoms with van der Waals surface area (Å²) in [4.78, 5) is 12.5. The zero-order valence-electron chi connectivity index (χ0n) is 12.1. The Morgan fingerprint density at radius 2 is 2.05 bits per heavy atom. The molecule has 2 aliphatic rings. The Bertz CT molecular complexity index is 526. The summed E-state index contributed by atoms with van der Waals surface area (Å²) >= 11 is 0. The largest absolute Gasteiger partial charge is 0.435 e. The fourth-order valence-electron chi connectivity index (χ4n) is 3.28. The van der Waals surface area contributed by atoms with Gasteiger partial charge in [0.2, 0.25) is 0 Å². The second kappa shape index (κ2) is 6.71. The topological polar surface area (TPSA) is 47.6 Å². The fraction of sp³-hybridized carbons (Fsp3) is 0.562. The van der Waals surface area contributed by atoms with E-state index in [1.807, 2.05) is 0 Å². The van der Waals surface area contributed by atoms with E-state index in [-0.39, 0.29) is 36.0 Å². The number of alkyl halides is 2. The van der Waals surface area contributed by atoms with E-state index in [2.05, 4.69) is 10.1 Å². The van der Waals surface area contributed by atoms with Crippen molar-refractivity contribution in [3.8, 4) is 5.75 Å². The minimum absolute atomic E-state index is 0.0137. The molecule has 1 N–H and O–H groups in total. The van der Waals surface area contributed by atoms with Crippen molar-refractivity contribution in [3.05, 3.63) is 29.8 Å². The average Bonchev–Trinajstić information content (AvgIpc) is 2.46. The molecule has 4 nitrogen and oxygen atoms in total. The zero-order chi connectivity index (χ0) is 15.5. The molecule has 2 atom stereocenters. The molecule has 2 saturated heterocycles. The van der Waals surface area contributed by atoms with Crippen molar-refractivity contribution in [3.63, 3.8) is 0 Å². The number of fused-ring (bicyclic) bond motifs is 2. The van der Waals surface area contributed by atoms with E-state index >= 15 is 0 Å². The number of halogens is 2. The lowest BCUT2D eigenvalue weighted by atomic mass is 9.82. The zero-order valence-corrected chi connectivity index (χ0v) is 12.1. The average molecular weight is 311 g/mol. The number of carbonyl (C=O) groups excluding carboxylic acids is 1. The number of hydrogen-bond donors (Lipinski definition) is 1. The van der Waals surface area contributed by atoms with Gasteiger partial charge in [0.05, 0.1) is 13.2 Å². The minimum atomic E-state index is -2.85. The van der Waals surface area contributed by atoms with Gasteiger partial charge in [0.25, 0.3) is 0 Å². The molecule has 1 aromatic rings. The molecule has 0 aliphatic carbocycles. The molecule has 2 heterocycles. The van der Waals surface area contributed by atoms with Crippen LogP contribution in [0.5, 0.6) is 5.75 Å². The number of ether oxygens (including phenoxy) is 2. The van der Waals surface area contributed by atoms with E-state index in [1.165, 1.54) is 12.1 Å². The van der Waals surface area contributed by atoms with Gasteiger partial charge in [-0.25, -0.2) is 0 Å². The number of nitrogens with one attached hydrogen (secondary N) is 1. The number of benzene rings is 1. The van der Waals surface area contributed by atoms with Gasteiger partial charge in [0.1, 0.15) is 11.5 Å². The fourth-order valence-corrected chi connectivity index (χ4v) is 3.28. The van der Waals surface area contributed by atoms with Gasteiger partial charge in [-0.15, -0.1) is 0 Å². The normalized spacial score (nSPS) is 27.7. The van der Waals surface area contributed by atoms with Gasteiger partial charge in [-0.1, -0.05) is 12.1 Å². The van der Waals surface area contributed by atoms with E-state index in [0.29, 0.717) is 18.8 Å². The molecule has 2 aliphatic heterocycles. The molecule has 22 heavy (non-hydrogen) atoms. The summed E-state index contributed by atoms with van der Waals surface area (Å²) in [6.07, 6.45) is 1.82. The molecule has 0 amide bonds. The maximum Gasteiger partial charge on any atom is 0.387 e. The van der Waals surface area contributed by atoms with Crippen molar-refractivity contribution >= 4 is 5.78 Å². The van der Waals surface area contributed by atoms with Crippen LogP contribution in [0.4, 0.5) is 8.78 Å². The van der Waals surface area contributed by atoms with Crippen molar-refractivity contribution in [1.82, 2.24) is 5.32 Å². The van der Waals surface area contributed by atoms with Crippen LogP contribution in [-0.4, -0.2) is 37.7 Å². The summed E-state index contributed by atoms with van der Waals surface area (Å²) in [5.74, 6) is 0.267. The Balaban J connectivity index is 1.61. The van der Waals surface area contributed by atoms with Crippen LogP contribution in [0.3, 0.4) is 0 Å². The van der Waals surface area contributed by atoms with Gasteiger partial charge in [-0.05, 0) is 30.5 Å². The predicted molar refractivity (Wildman–Crippen MR) is 76.0 cm³/mol. The minimum Gasteiger partial charge on any atom is -0.435 e. The van der Waals surface area contributed by atoms with Crippen molar-refractivity contribution < 1.29 is 23.0 Å². The van der Waals surface area contributed by atoms with E-state index in [9.17, 15) is 13.6 Å². The number of rotatable bonds is 5. The number of morpholine rings is 1. The third kappa shape index (κ3) is 3.81. The highest BCUT2D eigenvalue weighted by molar-refractivity contribution is 5.83. The van der Waals surface area contributed by atoms with Gasteiger partial charge in [0, 0.05) is 24.4 Å². The summed E-state index contributed by atoms with van der Waals surface area (Å²) in [6, 6.07) is 6.86. The maximum absolute atomic E-state index is 12.5. The highest BCUT2D eigenvalue weighted by atomic mass is 19.3. The number of piperidine rings is 1. The van der Waals surface area contributed by atoms with Crippen LogP contribution in [0.15, 0.2) is 24.3 Å². The van der Waals surface area contributed by atoms with Crippen LogP contribution in [0.2, 0.25) is 0 Å². The Hall–Kier alpha value is -1.53. The summed E-state index contributed by atoms with van der Waals surface area (Å²) in [5, 5.41) is 3.45. The van der Waals surface area contributed by atoms with Crippen molar-refractivity contribution in [2.75, 3.05) is 13.2 Å². The van der Waals surface area contributed by atoms with Crippen molar-refractivity contribution in [2.45, 2.75) is 38.0 Å². The van der Waals surface area contributed by atoms with Gasteiger partial charge < -0.3 is 14.8 Å². The molecule has 6 heteroatoms. The van der Waals surface area contributed by atoms with Gasteiger partial charge >= 0.3 is 6.61 Å². The Morgan fingerprint density at radius 1 is 1.32 bits per heavy atom. The molecule has 2 bridgehead atoms. The first-order valence-electron chi connectivity index (χ1n) is 7.50. The highest BCUT2D eigenvalue weighted by Gasteiger charge is 2.34. The standard InChI is InChI=1S/C16H19F2NO3/c17-16(18)22-14-3-1-2-10(4-14)5-15(20)11-6-12-8-21-9-13(7-11)19-12/h1-4,11-13,16,19H,5-9H2. The summed E-state index contributed by atoms with van der Waals surface area (Å²) in [5.41, 5.74) is 0.711. The summed E-state index contributed by atoms with van der Waals surface area (Å²) in [7, 11) is 0. The molecular weight excluding hydrogens is 292 g/mol. The van der Waals surface area contributed by atoms with E-state index in [4.69, 9.17) is 4.74 Å². The van der Waals surface area contributed by atoms with Gasteiger partial charge in [-0.3, -0.25) is 4.79 Å². The molecule has 120 valence electrons. The Kier molecular flexibility index (Phi) is 4.69. The molecule has 1 aromatic carbocycles. The van der Waals surface area contributed by atoms with E-state index < -0.39 is 6.61 Å². The Morgan fingerprint density at radius 3 is 2.73 bits per heavy atom. The SMILES string of the molecule is O=C(Cc1cccc(OC(F)F)c1)C1CC2COCC(C1)N2. The van der Waals surface area contributed by atoms with Crippen molar-refractivity contribution in [2.24, 2.45) is 5.92 Å². The molecular formula is C16H19F2NO3. The first-order chi connectivity index (χ1) is 10.6. The number of ketones is 1. The van der Waals surface area contributed by atoms with E-state index in [1.54, 1.807) is 12.1 Å². The third-order valence-electron chi connectivity index (χ3n) is 4.20. The lowest BCUT2D eigenvalue weighted by molar-refractivity contribution is -0.125. The first-order valence-corrected chi connectivity index (χ1v) is 7.50. The summed E-state index contributed by atoms with van der Waals surface area (Å²) in [6.45, 7) is -1.55. The van der Waals surface area contributed by atoms with Gasteiger partial charge in [0.15, 0.2) is 0 Å². The third-order valence-corrected chi connectivity index (χ3v) is 4.20. The first kappa shape index (κ1) is 15.4. The molecule has 0 aromatic heterocycles. The highest BCUT2D eigenvalue weighted by Crippen LogP contribution is 2.26. The molecule has 2 fully saturated rings. The van der Waals surface area contributed by atoms with Crippen LogP contribution in [0, 0.1) is 5.92 Å². The lowest BCUT2D eigenvalue weighted by Gasteiger charge is -2.39. The summed E-state index contributed by atoms with van der Waals surface area (Å²) < 4.78 is 34.3. The second-order valence-electron chi connectivity index (χ2n) is 5.94. The molecule has 0 saturated carbocycles. The van der Waals surface area contributed by atoms with E-state index in [0.717, 1.165) is 12.8 Å². The molecule has 0 radical (unpaired) electrons. The van der Waals surface area contributed by atoms with Gasteiger partial charge in [-0.2, -0.15) is 8.78 Å². The predicted octanol–water partition coefficient (Wildman–Crippen LogP) is 2.17. The van der Waals surface area contributed by atoms with Crippen LogP contribution in [0.1, 0.15) is 18.4 Å². The number of Topliss-reactive ketones (excluding diaryl/α,β-unsaturated/α-hetero) is 1. The van der Waals surface area contributed by atoms with Crippen molar-refractivity contribution in [1.29, 1.82) is 0 Å². The monoisotopic (exact) mass is 311 g/mol.